The van der Waals surface area contributed by atoms with Gasteiger partial charge in [-0.2, -0.15) is 0 Å². The van der Waals surface area contributed by atoms with Crippen molar-refractivity contribution in [1.29, 1.82) is 0 Å². The zero-order valence-electron chi connectivity index (χ0n) is 10.6. The first-order chi connectivity index (χ1) is 9.13. The van der Waals surface area contributed by atoms with E-state index in [0.717, 1.165) is 0 Å². The molecule has 0 amide bonds. The van der Waals surface area contributed by atoms with E-state index in [-0.39, 0.29) is 11.6 Å². The van der Waals surface area contributed by atoms with Crippen molar-refractivity contribution < 1.29 is 9.50 Å². The molecule has 0 radical (unpaired) electrons. The Balaban J connectivity index is 2.32. The summed E-state index contributed by atoms with van der Waals surface area (Å²) >= 11 is 6.08. The van der Waals surface area contributed by atoms with Crippen molar-refractivity contribution in [1.82, 2.24) is 0 Å². The van der Waals surface area contributed by atoms with Gasteiger partial charge in [-0.25, -0.2) is 4.39 Å². The van der Waals surface area contributed by atoms with Gasteiger partial charge >= 0.3 is 0 Å². The van der Waals surface area contributed by atoms with Crippen molar-refractivity contribution in [2.75, 3.05) is 11.4 Å². The summed E-state index contributed by atoms with van der Waals surface area (Å²) in [5.74, 6) is -0.154. The Morgan fingerprint density at radius 1 is 1.16 bits per heavy atom. The molecule has 0 spiro atoms. The normalized spacial score (nSPS) is 10.5. The smallest absolute Gasteiger partial charge is 0.146 e. The van der Waals surface area contributed by atoms with E-state index in [9.17, 15) is 9.50 Å². The minimum atomic E-state index is -0.282. The highest BCUT2D eigenvalue weighted by Crippen LogP contribution is 2.29. The lowest BCUT2D eigenvalue weighted by molar-refractivity contribution is 0.467. The summed E-state index contributed by atoms with van der Waals surface area (Å²) in [6, 6.07) is 11.5. The molecule has 0 heterocycles. The average Bonchev–Trinajstić information content (AvgIpc) is 2.40. The molecule has 0 aliphatic carbocycles. The molecule has 0 saturated carbocycles. The fourth-order valence-electron chi connectivity index (χ4n) is 1.97. The number of aromatic hydroxyl groups is 1. The Hall–Kier alpha value is -1.74. The zero-order chi connectivity index (χ0) is 13.8. The molecular weight excluding hydrogens is 265 g/mol. The van der Waals surface area contributed by atoms with Crippen LogP contribution >= 0.6 is 11.6 Å². The zero-order valence-corrected chi connectivity index (χ0v) is 11.4. The van der Waals surface area contributed by atoms with Gasteiger partial charge in [-0.05, 0) is 31.2 Å². The van der Waals surface area contributed by atoms with Crippen LogP contribution < -0.4 is 4.90 Å². The van der Waals surface area contributed by atoms with Gasteiger partial charge in [-0.15, -0.1) is 0 Å². The third-order valence-corrected chi connectivity index (χ3v) is 3.37. The quantitative estimate of drug-likeness (QED) is 0.906. The van der Waals surface area contributed by atoms with Crippen molar-refractivity contribution in [3.8, 4) is 5.75 Å². The number of para-hydroxylation sites is 1. The lowest BCUT2D eigenvalue weighted by Gasteiger charge is -2.24. The Labute approximate surface area is 117 Å². The van der Waals surface area contributed by atoms with Crippen molar-refractivity contribution in [3.05, 3.63) is 58.9 Å². The molecule has 2 aromatic carbocycles. The number of hydrogen-bond donors (Lipinski definition) is 1. The maximum Gasteiger partial charge on any atom is 0.146 e. The number of phenolic OH excluding ortho intramolecular Hbond substituents is 1. The van der Waals surface area contributed by atoms with Gasteiger partial charge in [0.15, 0.2) is 0 Å². The molecule has 19 heavy (non-hydrogen) atoms. The van der Waals surface area contributed by atoms with E-state index >= 15 is 0 Å². The van der Waals surface area contributed by atoms with Crippen molar-refractivity contribution in [2.45, 2.75) is 13.5 Å². The van der Waals surface area contributed by atoms with E-state index in [1.807, 2.05) is 11.8 Å². The Morgan fingerprint density at radius 3 is 2.53 bits per heavy atom. The fraction of sp³-hybridized carbons (Fsp3) is 0.200. The van der Waals surface area contributed by atoms with Crippen molar-refractivity contribution >= 4 is 17.3 Å². The van der Waals surface area contributed by atoms with E-state index in [1.54, 1.807) is 36.4 Å². The second-order valence-corrected chi connectivity index (χ2v) is 4.61. The van der Waals surface area contributed by atoms with E-state index in [1.165, 1.54) is 6.07 Å². The van der Waals surface area contributed by atoms with Crippen molar-refractivity contribution in [3.63, 3.8) is 0 Å². The number of hydrogen-bond acceptors (Lipinski definition) is 2. The predicted octanol–water partition coefficient (Wildman–Crippen LogP) is 4.21. The topological polar surface area (TPSA) is 23.5 Å². The third kappa shape index (κ3) is 2.99. The highest BCUT2D eigenvalue weighted by molar-refractivity contribution is 6.31. The second-order valence-electron chi connectivity index (χ2n) is 4.20. The van der Waals surface area contributed by atoms with E-state index in [0.29, 0.717) is 29.4 Å². The summed E-state index contributed by atoms with van der Waals surface area (Å²) < 4.78 is 13.8. The second kappa shape index (κ2) is 5.93. The Morgan fingerprint density at radius 2 is 1.89 bits per heavy atom. The van der Waals surface area contributed by atoms with Gasteiger partial charge in [-0.3, -0.25) is 0 Å². The standard InChI is InChI=1S/C15H15ClFNO/c1-2-18(14-8-4-3-7-13(14)17)10-11-12(16)6-5-9-15(11)19/h3-9,19H,2,10H2,1H3. The largest absolute Gasteiger partial charge is 0.508 e. The first-order valence-electron chi connectivity index (χ1n) is 6.09. The van der Waals surface area contributed by atoms with Crippen LogP contribution in [0.2, 0.25) is 5.02 Å². The van der Waals surface area contributed by atoms with Crippen LogP contribution in [0.4, 0.5) is 10.1 Å². The highest BCUT2D eigenvalue weighted by atomic mass is 35.5. The van der Waals surface area contributed by atoms with Crippen LogP contribution in [0.5, 0.6) is 5.75 Å². The van der Waals surface area contributed by atoms with Gasteiger partial charge in [0.1, 0.15) is 11.6 Å². The Kier molecular flexibility index (Phi) is 4.27. The monoisotopic (exact) mass is 279 g/mol. The van der Waals surface area contributed by atoms with Crippen LogP contribution in [-0.4, -0.2) is 11.7 Å². The van der Waals surface area contributed by atoms with Gasteiger partial charge in [0, 0.05) is 23.7 Å². The lowest BCUT2D eigenvalue weighted by Crippen LogP contribution is -2.23. The van der Waals surface area contributed by atoms with E-state index in [4.69, 9.17) is 11.6 Å². The number of anilines is 1. The molecule has 0 aliphatic heterocycles. The van der Waals surface area contributed by atoms with Gasteiger partial charge < -0.3 is 10.0 Å². The molecule has 0 saturated heterocycles. The molecule has 100 valence electrons. The number of nitrogens with zero attached hydrogens (tertiary/aromatic N) is 1. The maximum atomic E-state index is 13.8. The Bertz CT molecular complexity index is 554. The first kappa shape index (κ1) is 13.7. The van der Waals surface area contributed by atoms with Crippen LogP contribution in [-0.2, 0) is 6.54 Å². The van der Waals surface area contributed by atoms with E-state index in [2.05, 4.69) is 0 Å². The van der Waals surface area contributed by atoms with Gasteiger partial charge in [-0.1, -0.05) is 29.8 Å². The van der Waals surface area contributed by atoms with Gasteiger partial charge in [0.2, 0.25) is 0 Å². The van der Waals surface area contributed by atoms with Crippen LogP contribution in [0.1, 0.15) is 12.5 Å². The van der Waals surface area contributed by atoms with Crippen molar-refractivity contribution in [2.24, 2.45) is 0 Å². The molecular formula is C15H15ClFNO. The molecule has 2 nitrogen and oxygen atoms in total. The average molecular weight is 280 g/mol. The molecule has 0 bridgehead atoms. The first-order valence-corrected chi connectivity index (χ1v) is 6.47. The molecule has 0 aliphatic rings. The van der Waals surface area contributed by atoms with Crippen LogP contribution in [0.25, 0.3) is 0 Å². The summed E-state index contributed by atoms with van der Waals surface area (Å²) in [6.07, 6.45) is 0. The van der Waals surface area contributed by atoms with Crippen LogP contribution in [0.15, 0.2) is 42.5 Å². The minimum absolute atomic E-state index is 0.127. The minimum Gasteiger partial charge on any atom is -0.508 e. The molecule has 0 fully saturated rings. The fourth-order valence-corrected chi connectivity index (χ4v) is 2.20. The summed E-state index contributed by atoms with van der Waals surface area (Å²) in [5, 5.41) is 10.3. The number of benzene rings is 2. The van der Waals surface area contributed by atoms with Gasteiger partial charge in [0.05, 0.1) is 5.69 Å². The maximum absolute atomic E-state index is 13.8. The lowest BCUT2D eigenvalue weighted by atomic mass is 10.1. The summed E-state index contributed by atoms with van der Waals surface area (Å²) in [4.78, 5) is 1.83. The molecule has 1 N–H and O–H groups in total. The molecule has 0 unspecified atom stereocenters. The molecule has 2 aromatic rings. The molecule has 2 rings (SSSR count). The predicted molar refractivity (Wildman–Crippen MR) is 76.2 cm³/mol. The van der Waals surface area contributed by atoms with Gasteiger partial charge in [0.25, 0.3) is 0 Å². The highest BCUT2D eigenvalue weighted by Gasteiger charge is 2.14. The molecule has 4 heteroatoms. The number of halogens is 2. The summed E-state index contributed by atoms with van der Waals surface area (Å²) in [5.41, 5.74) is 1.11. The SMILES string of the molecule is CCN(Cc1c(O)cccc1Cl)c1ccccc1F. The van der Waals surface area contributed by atoms with E-state index < -0.39 is 0 Å². The number of rotatable bonds is 4. The molecule has 0 atom stereocenters. The summed E-state index contributed by atoms with van der Waals surface area (Å²) in [6.45, 7) is 2.91. The van der Waals surface area contributed by atoms with Crippen LogP contribution in [0.3, 0.4) is 0 Å². The number of phenols is 1. The third-order valence-electron chi connectivity index (χ3n) is 3.02. The van der Waals surface area contributed by atoms with Crippen LogP contribution in [0, 0.1) is 5.82 Å². The summed E-state index contributed by atoms with van der Waals surface area (Å²) in [7, 11) is 0. The molecule has 0 aromatic heterocycles.